The van der Waals surface area contributed by atoms with E-state index in [-0.39, 0.29) is 0 Å². The molecule has 1 atom stereocenters. The van der Waals surface area contributed by atoms with E-state index in [0.717, 1.165) is 26.1 Å². The zero-order chi connectivity index (χ0) is 24.4. The molecule has 1 aromatic carbocycles. The maximum absolute atomic E-state index is 11.3. The Morgan fingerprint density at radius 1 is 0.559 bits per heavy atom. The number of rotatable bonds is 26. The van der Waals surface area contributed by atoms with Crippen LogP contribution in [-0.4, -0.2) is 26.4 Å². The second-order valence-corrected chi connectivity index (χ2v) is 10.4. The Morgan fingerprint density at radius 2 is 0.971 bits per heavy atom. The summed E-state index contributed by atoms with van der Waals surface area (Å²) < 4.78 is 27.2. The normalized spacial score (nSPS) is 12.3. The Kier molecular flexibility index (Phi) is 23.4. The predicted molar refractivity (Wildman–Crippen MR) is 145 cm³/mol. The van der Waals surface area contributed by atoms with Crippen molar-refractivity contribution in [3.05, 3.63) is 35.9 Å². The smallest absolute Gasteiger partial charge is 0.319 e. The molecule has 0 saturated heterocycles. The van der Waals surface area contributed by atoms with Crippen molar-refractivity contribution >= 4 is 8.25 Å². The molecule has 34 heavy (non-hydrogen) atoms. The van der Waals surface area contributed by atoms with Crippen molar-refractivity contribution in [2.75, 3.05) is 26.4 Å². The molecule has 0 aliphatic heterocycles. The van der Waals surface area contributed by atoms with Gasteiger partial charge in [0.25, 0.3) is 0 Å². The molecule has 0 spiro atoms. The van der Waals surface area contributed by atoms with E-state index in [1.165, 1.54) is 102 Å². The number of nitrogens with two attached hydrogens (primary N) is 1. The third kappa shape index (κ3) is 21.8. The average Bonchev–Trinajstić information content (AvgIpc) is 2.86. The first kappa shape index (κ1) is 31.3. The van der Waals surface area contributed by atoms with Gasteiger partial charge in [0, 0.05) is 13.2 Å². The summed E-state index contributed by atoms with van der Waals surface area (Å²) in [7, 11) is -2.32. The van der Waals surface area contributed by atoms with Crippen molar-refractivity contribution in [1.29, 1.82) is 0 Å². The van der Waals surface area contributed by atoms with Crippen LogP contribution < -0.4 is 5.73 Å². The lowest BCUT2D eigenvalue weighted by Gasteiger charge is -2.05. The first-order valence-electron chi connectivity index (χ1n) is 13.9. The summed E-state index contributed by atoms with van der Waals surface area (Å²) in [4.78, 5) is 0. The molecule has 0 fully saturated rings. The molecule has 0 saturated carbocycles. The minimum absolute atomic E-state index is 0.310. The standard InChI is InChI=1S/C28H52NO4P/c29-23-26-33-34(30)32-25-20-15-13-11-9-7-5-3-1-2-4-6-8-10-12-14-19-24-31-27-28-21-17-16-18-22-28/h16-18,21-22,34H,1-15,19-20,23-27,29H2. The van der Waals surface area contributed by atoms with Crippen molar-refractivity contribution in [3.63, 3.8) is 0 Å². The molecule has 2 N–H and O–H groups in total. The monoisotopic (exact) mass is 497 g/mol. The summed E-state index contributed by atoms with van der Waals surface area (Å²) in [6.45, 7) is 2.86. The van der Waals surface area contributed by atoms with E-state index in [4.69, 9.17) is 19.5 Å². The van der Waals surface area contributed by atoms with Crippen LogP contribution in [0.2, 0.25) is 0 Å². The van der Waals surface area contributed by atoms with Crippen LogP contribution in [0.4, 0.5) is 0 Å². The topological polar surface area (TPSA) is 70.8 Å². The molecule has 0 bridgehead atoms. The van der Waals surface area contributed by atoms with Crippen LogP contribution in [0.1, 0.15) is 115 Å². The maximum Gasteiger partial charge on any atom is 0.319 e. The molecule has 1 rings (SSSR count). The fourth-order valence-electron chi connectivity index (χ4n) is 4.06. The Balaban J connectivity index is 1.66. The molecular formula is C28H52NO4P. The molecule has 1 unspecified atom stereocenters. The second kappa shape index (κ2) is 25.4. The molecule has 6 heteroatoms. The molecule has 0 radical (unpaired) electrons. The number of unbranched alkanes of at least 4 members (excludes halogenated alkanes) is 16. The molecule has 5 nitrogen and oxygen atoms in total. The number of hydrogen-bond acceptors (Lipinski definition) is 5. The molecule has 0 aliphatic carbocycles. The third-order valence-electron chi connectivity index (χ3n) is 6.10. The Morgan fingerprint density at radius 3 is 1.44 bits per heavy atom. The Hall–Kier alpha value is -0.710. The number of benzene rings is 1. The van der Waals surface area contributed by atoms with E-state index in [1.54, 1.807) is 0 Å². The van der Waals surface area contributed by atoms with Crippen LogP contribution in [0.3, 0.4) is 0 Å². The van der Waals surface area contributed by atoms with Crippen molar-refractivity contribution in [2.24, 2.45) is 5.73 Å². The molecule has 0 aromatic heterocycles. The van der Waals surface area contributed by atoms with Crippen LogP contribution in [0.5, 0.6) is 0 Å². The van der Waals surface area contributed by atoms with E-state index in [0.29, 0.717) is 19.8 Å². The highest BCUT2D eigenvalue weighted by Crippen LogP contribution is 2.23. The summed E-state index contributed by atoms with van der Waals surface area (Å²) in [5.41, 5.74) is 6.56. The Bertz CT molecular complexity index is 559. The average molecular weight is 498 g/mol. The molecule has 0 amide bonds. The van der Waals surface area contributed by atoms with Gasteiger partial charge in [-0.2, -0.15) is 0 Å². The van der Waals surface area contributed by atoms with Crippen LogP contribution in [0, 0.1) is 0 Å². The van der Waals surface area contributed by atoms with Crippen LogP contribution in [0.25, 0.3) is 0 Å². The lowest BCUT2D eigenvalue weighted by Crippen LogP contribution is -2.05. The van der Waals surface area contributed by atoms with Crippen LogP contribution in [0.15, 0.2) is 30.3 Å². The predicted octanol–water partition coefficient (Wildman–Crippen LogP) is 8.22. The van der Waals surface area contributed by atoms with Gasteiger partial charge < -0.3 is 19.5 Å². The second-order valence-electron chi connectivity index (χ2n) is 9.28. The first-order chi connectivity index (χ1) is 16.8. The lowest BCUT2D eigenvalue weighted by molar-refractivity contribution is 0.116. The van der Waals surface area contributed by atoms with Crippen LogP contribution >= 0.6 is 8.25 Å². The van der Waals surface area contributed by atoms with Crippen molar-refractivity contribution in [2.45, 2.75) is 116 Å². The van der Waals surface area contributed by atoms with E-state index >= 15 is 0 Å². The van der Waals surface area contributed by atoms with E-state index < -0.39 is 8.25 Å². The quantitative estimate of drug-likeness (QED) is 0.103. The SMILES string of the molecule is NCCO[PH](=O)OCCCCCCCCCCCCCCCCCCCOCc1ccccc1. The minimum Gasteiger partial charge on any atom is -0.377 e. The zero-order valence-electron chi connectivity index (χ0n) is 21.7. The molecule has 1 aromatic rings. The maximum atomic E-state index is 11.3. The number of hydrogen-bond donors (Lipinski definition) is 1. The van der Waals surface area contributed by atoms with Gasteiger partial charge in [0.15, 0.2) is 0 Å². The Labute approximate surface area is 210 Å². The number of ether oxygens (including phenoxy) is 1. The van der Waals surface area contributed by atoms with Gasteiger partial charge in [-0.15, -0.1) is 0 Å². The molecular weight excluding hydrogens is 445 g/mol. The minimum atomic E-state index is -2.32. The van der Waals surface area contributed by atoms with Gasteiger partial charge in [0.1, 0.15) is 0 Å². The van der Waals surface area contributed by atoms with E-state index in [9.17, 15) is 4.57 Å². The summed E-state index contributed by atoms with van der Waals surface area (Å²) in [6, 6.07) is 10.4. The van der Waals surface area contributed by atoms with Crippen molar-refractivity contribution in [3.8, 4) is 0 Å². The van der Waals surface area contributed by atoms with Crippen LogP contribution in [-0.2, 0) is 25.0 Å². The van der Waals surface area contributed by atoms with Gasteiger partial charge in [-0.3, -0.25) is 4.57 Å². The summed E-state index contributed by atoms with van der Waals surface area (Å²) in [5, 5.41) is 0. The van der Waals surface area contributed by atoms with Crippen molar-refractivity contribution < 1.29 is 18.3 Å². The fourth-order valence-corrected chi connectivity index (χ4v) is 4.74. The fraction of sp³-hybridized carbons (Fsp3) is 0.786. The molecule has 198 valence electrons. The third-order valence-corrected chi connectivity index (χ3v) is 6.98. The van der Waals surface area contributed by atoms with Gasteiger partial charge in [0.2, 0.25) is 0 Å². The highest BCUT2D eigenvalue weighted by atomic mass is 31.1. The van der Waals surface area contributed by atoms with Gasteiger partial charge in [-0.05, 0) is 18.4 Å². The van der Waals surface area contributed by atoms with E-state index in [1.807, 2.05) is 6.07 Å². The zero-order valence-corrected chi connectivity index (χ0v) is 22.7. The van der Waals surface area contributed by atoms with Gasteiger partial charge >= 0.3 is 8.25 Å². The van der Waals surface area contributed by atoms with Crippen molar-refractivity contribution in [1.82, 2.24) is 0 Å². The highest BCUT2D eigenvalue weighted by molar-refractivity contribution is 7.33. The highest BCUT2D eigenvalue weighted by Gasteiger charge is 1.99. The molecule has 0 aliphatic rings. The van der Waals surface area contributed by atoms with Gasteiger partial charge in [-0.25, -0.2) is 0 Å². The lowest BCUT2D eigenvalue weighted by atomic mass is 10.0. The van der Waals surface area contributed by atoms with Gasteiger partial charge in [-0.1, -0.05) is 127 Å². The largest absolute Gasteiger partial charge is 0.377 e. The molecule has 0 heterocycles. The summed E-state index contributed by atoms with van der Waals surface area (Å²) in [5.74, 6) is 0. The first-order valence-corrected chi connectivity index (χ1v) is 15.2. The van der Waals surface area contributed by atoms with E-state index in [2.05, 4.69) is 24.3 Å². The summed E-state index contributed by atoms with van der Waals surface area (Å²) in [6.07, 6.45) is 22.4. The summed E-state index contributed by atoms with van der Waals surface area (Å²) >= 11 is 0. The van der Waals surface area contributed by atoms with Gasteiger partial charge in [0.05, 0.1) is 19.8 Å².